The lowest BCUT2D eigenvalue weighted by Crippen LogP contribution is -2.49. The van der Waals surface area contributed by atoms with E-state index in [0.717, 1.165) is 24.3 Å². The second kappa shape index (κ2) is 10.6. The van der Waals surface area contributed by atoms with Gasteiger partial charge in [0.25, 0.3) is 5.91 Å². The fourth-order valence-corrected chi connectivity index (χ4v) is 5.05. The van der Waals surface area contributed by atoms with Crippen LogP contribution in [0, 0.1) is 12.8 Å². The number of piperazine rings is 1. The summed E-state index contributed by atoms with van der Waals surface area (Å²) in [7, 11) is 0. The van der Waals surface area contributed by atoms with Gasteiger partial charge in [-0.1, -0.05) is 48.0 Å². The SMILES string of the molecule is Cc1ccc(N2CC(C(=O)Nc3ccccc3C(=O)N3CCN(c4ccccc4)CC3)CC2=O)cc1Cl. The molecule has 0 spiro atoms. The predicted molar refractivity (Wildman–Crippen MR) is 146 cm³/mol. The molecule has 0 aliphatic carbocycles. The van der Waals surface area contributed by atoms with Gasteiger partial charge in [-0.05, 0) is 48.9 Å². The van der Waals surface area contributed by atoms with Crippen molar-refractivity contribution in [2.45, 2.75) is 13.3 Å². The standard InChI is InChI=1S/C29H29ClN4O3/c1-20-11-12-23(18-25(20)30)34-19-21(17-27(34)35)28(36)31-26-10-6-5-9-24(26)29(37)33-15-13-32(14-16-33)22-7-3-2-4-8-22/h2-12,18,21H,13-17,19H2,1H3,(H,31,36). The number of para-hydroxylation sites is 2. The monoisotopic (exact) mass is 516 g/mol. The van der Waals surface area contributed by atoms with Crippen LogP contribution >= 0.6 is 11.6 Å². The second-order valence-corrected chi connectivity index (χ2v) is 9.90. The minimum Gasteiger partial charge on any atom is -0.368 e. The van der Waals surface area contributed by atoms with Gasteiger partial charge in [0.1, 0.15) is 0 Å². The molecule has 0 bridgehead atoms. The van der Waals surface area contributed by atoms with Crippen LogP contribution in [0.4, 0.5) is 17.1 Å². The molecule has 2 saturated heterocycles. The second-order valence-electron chi connectivity index (χ2n) is 9.49. The highest BCUT2D eigenvalue weighted by atomic mass is 35.5. The molecule has 7 nitrogen and oxygen atoms in total. The fraction of sp³-hybridized carbons (Fsp3) is 0.276. The zero-order valence-corrected chi connectivity index (χ0v) is 21.4. The Bertz CT molecular complexity index is 1320. The molecule has 0 saturated carbocycles. The normalized spacial score (nSPS) is 17.7. The van der Waals surface area contributed by atoms with E-state index in [4.69, 9.17) is 11.6 Å². The molecule has 3 aromatic carbocycles. The summed E-state index contributed by atoms with van der Waals surface area (Å²) in [6.45, 7) is 4.85. The van der Waals surface area contributed by atoms with E-state index in [9.17, 15) is 14.4 Å². The number of rotatable bonds is 5. The molecule has 37 heavy (non-hydrogen) atoms. The van der Waals surface area contributed by atoms with Crippen molar-refractivity contribution >= 4 is 46.4 Å². The van der Waals surface area contributed by atoms with Crippen molar-refractivity contribution < 1.29 is 14.4 Å². The molecule has 8 heteroatoms. The average molecular weight is 517 g/mol. The molecule has 2 heterocycles. The third-order valence-corrected chi connectivity index (χ3v) is 7.47. The summed E-state index contributed by atoms with van der Waals surface area (Å²) >= 11 is 6.24. The molecule has 3 amide bonds. The predicted octanol–water partition coefficient (Wildman–Crippen LogP) is 4.60. The first-order chi connectivity index (χ1) is 17.9. The lowest BCUT2D eigenvalue weighted by Gasteiger charge is -2.36. The molecule has 2 aliphatic heterocycles. The first kappa shape index (κ1) is 24.8. The summed E-state index contributed by atoms with van der Waals surface area (Å²) in [5.41, 5.74) is 3.67. The van der Waals surface area contributed by atoms with E-state index in [-0.39, 0.29) is 30.7 Å². The van der Waals surface area contributed by atoms with Crippen LogP contribution in [-0.4, -0.2) is 55.3 Å². The number of nitrogens with zero attached hydrogens (tertiary/aromatic N) is 3. The van der Waals surface area contributed by atoms with Crippen molar-refractivity contribution in [1.29, 1.82) is 0 Å². The Morgan fingerprint density at radius 3 is 2.32 bits per heavy atom. The molecule has 1 N–H and O–H groups in total. The fourth-order valence-electron chi connectivity index (χ4n) is 4.87. The average Bonchev–Trinajstić information content (AvgIpc) is 3.32. The van der Waals surface area contributed by atoms with Crippen LogP contribution in [0.25, 0.3) is 0 Å². The first-order valence-corrected chi connectivity index (χ1v) is 12.8. The van der Waals surface area contributed by atoms with Gasteiger partial charge in [-0.2, -0.15) is 0 Å². The van der Waals surface area contributed by atoms with E-state index in [1.165, 1.54) is 0 Å². The number of benzene rings is 3. The minimum absolute atomic E-state index is 0.106. The summed E-state index contributed by atoms with van der Waals surface area (Å²) in [5.74, 6) is -1.03. The zero-order valence-electron chi connectivity index (χ0n) is 20.7. The third-order valence-electron chi connectivity index (χ3n) is 7.07. The number of amides is 3. The van der Waals surface area contributed by atoms with Gasteiger partial charge in [-0.15, -0.1) is 0 Å². The number of halogens is 1. The highest BCUT2D eigenvalue weighted by Crippen LogP contribution is 2.30. The van der Waals surface area contributed by atoms with Crippen LogP contribution in [0.1, 0.15) is 22.3 Å². The van der Waals surface area contributed by atoms with E-state index in [0.29, 0.717) is 35.1 Å². The molecular formula is C29H29ClN4O3. The topological polar surface area (TPSA) is 73.0 Å². The Morgan fingerprint density at radius 2 is 1.59 bits per heavy atom. The van der Waals surface area contributed by atoms with Crippen molar-refractivity contribution in [2.24, 2.45) is 5.92 Å². The van der Waals surface area contributed by atoms with Gasteiger partial charge in [0, 0.05) is 55.5 Å². The highest BCUT2D eigenvalue weighted by molar-refractivity contribution is 6.31. The molecule has 3 aromatic rings. The maximum Gasteiger partial charge on any atom is 0.256 e. The van der Waals surface area contributed by atoms with Crippen molar-refractivity contribution in [1.82, 2.24) is 4.90 Å². The van der Waals surface area contributed by atoms with Gasteiger partial charge >= 0.3 is 0 Å². The number of nitrogens with one attached hydrogen (secondary N) is 1. The Labute approximate surface area is 221 Å². The van der Waals surface area contributed by atoms with Gasteiger partial charge in [-0.3, -0.25) is 14.4 Å². The molecule has 190 valence electrons. The minimum atomic E-state index is -0.523. The van der Waals surface area contributed by atoms with Crippen molar-refractivity contribution in [3.63, 3.8) is 0 Å². The van der Waals surface area contributed by atoms with Crippen molar-refractivity contribution in [3.05, 3.63) is 88.9 Å². The van der Waals surface area contributed by atoms with E-state index in [2.05, 4.69) is 22.3 Å². The molecule has 2 fully saturated rings. The van der Waals surface area contributed by atoms with Crippen LogP contribution < -0.4 is 15.1 Å². The Kier molecular flexibility index (Phi) is 7.15. The lowest BCUT2D eigenvalue weighted by molar-refractivity contribution is -0.122. The molecule has 2 aliphatic rings. The van der Waals surface area contributed by atoms with Crippen molar-refractivity contribution in [2.75, 3.05) is 47.8 Å². The van der Waals surface area contributed by atoms with E-state index in [1.807, 2.05) is 42.2 Å². The summed E-state index contributed by atoms with van der Waals surface area (Å²) in [6, 6.07) is 22.7. The number of anilines is 3. The molecular weight excluding hydrogens is 488 g/mol. The lowest BCUT2D eigenvalue weighted by atomic mass is 10.1. The first-order valence-electron chi connectivity index (χ1n) is 12.5. The van der Waals surface area contributed by atoms with E-state index in [1.54, 1.807) is 35.2 Å². The van der Waals surface area contributed by atoms with Crippen molar-refractivity contribution in [3.8, 4) is 0 Å². The van der Waals surface area contributed by atoms with Gasteiger partial charge < -0.3 is 20.0 Å². The van der Waals surface area contributed by atoms with E-state index >= 15 is 0 Å². The van der Waals surface area contributed by atoms with E-state index < -0.39 is 5.92 Å². The summed E-state index contributed by atoms with van der Waals surface area (Å²) < 4.78 is 0. The number of carbonyl (C=O) groups excluding carboxylic acids is 3. The Balaban J connectivity index is 1.24. The number of hydrogen-bond acceptors (Lipinski definition) is 4. The van der Waals surface area contributed by atoms with Crippen LogP contribution in [0.3, 0.4) is 0 Å². The number of hydrogen-bond donors (Lipinski definition) is 1. The van der Waals surface area contributed by atoms with Gasteiger partial charge in [0.05, 0.1) is 17.2 Å². The quantitative estimate of drug-likeness (QED) is 0.538. The summed E-state index contributed by atoms with van der Waals surface area (Å²) in [6.07, 6.45) is 0.106. The maximum absolute atomic E-state index is 13.4. The van der Waals surface area contributed by atoms with Crippen LogP contribution in [0.15, 0.2) is 72.8 Å². The molecule has 1 atom stereocenters. The summed E-state index contributed by atoms with van der Waals surface area (Å²) in [5, 5.41) is 3.50. The largest absolute Gasteiger partial charge is 0.368 e. The molecule has 1 unspecified atom stereocenters. The van der Waals surface area contributed by atoms with Gasteiger partial charge in [0.2, 0.25) is 11.8 Å². The van der Waals surface area contributed by atoms with Crippen LogP contribution in [-0.2, 0) is 9.59 Å². The molecule has 5 rings (SSSR count). The maximum atomic E-state index is 13.4. The Morgan fingerprint density at radius 1 is 0.892 bits per heavy atom. The summed E-state index contributed by atoms with van der Waals surface area (Å²) in [4.78, 5) is 44.9. The number of carbonyl (C=O) groups is 3. The number of aryl methyl sites for hydroxylation is 1. The van der Waals surface area contributed by atoms with Crippen LogP contribution in [0.2, 0.25) is 5.02 Å². The van der Waals surface area contributed by atoms with Crippen LogP contribution in [0.5, 0.6) is 0 Å². The Hall–Kier alpha value is -3.84. The van der Waals surface area contributed by atoms with Gasteiger partial charge in [0.15, 0.2) is 0 Å². The third kappa shape index (κ3) is 5.32. The van der Waals surface area contributed by atoms with Gasteiger partial charge in [-0.25, -0.2) is 0 Å². The zero-order chi connectivity index (χ0) is 25.9. The smallest absolute Gasteiger partial charge is 0.256 e. The molecule has 0 aromatic heterocycles. The molecule has 0 radical (unpaired) electrons. The highest BCUT2D eigenvalue weighted by Gasteiger charge is 2.36.